The standard InChI is InChI=1S/C8H7FN2/c1-6-4-8(9)7(2-3-10)5-11-6/h4-5H,2H2,1H3. The summed E-state index contributed by atoms with van der Waals surface area (Å²) >= 11 is 0. The summed E-state index contributed by atoms with van der Waals surface area (Å²) in [4.78, 5) is 3.87. The van der Waals surface area contributed by atoms with Crippen LogP contribution in [0.1, 0.15) is 11.3 Å². The Hall–Kier alpha value is -1.43. The molecule has 3 heteroatoms. The molecule has 0 unspecified atom stereocenters. The minimum atomic E-state index is -0.348. The van der Waals surface area contributed by atoms with E-state index in [1.807, 2.05) is 6.07 Å². The fourth-order valence-electron chi connectivity index (χ4n) is 0.770. The Morgan fingerprint density at radius 3 is 3.00 bits per heavy atom. The fraction of sp³-hybridized carbons (Fsp3) is 0.250. The van der Waals surface area contributed by atoms with Crippen molar-refractivity contribution in [2.45, 2.75) is 13.3 Å². The summed E-state index contributed by atoms with van der Waals surface area (Å²) in [6.45, 7) is 1.71. The van der Waals surface area contributed by atoms with Crippen LogP contribution in [0.15, 0.2) is 12.3 Å². The van der Waals surface area contributed by atoms with Gasteiger partial charge in [0.1, 0.15) is 5.82 Å². The topological polar surface area (TPSA) is 36.7 Å². The molecule has 1 rings (SSSR count). The van der Waals surface area contributed by atoms with Crippen molar-refractivity contribution in [3.05, 3.63) is 29.3 Å². The molecule has 0 aliphatic heterocycles. The predicted octanol–water partition coefficient (Wildman–Crippen LogP) is 1.60. The maximum atomic E-state index is 12.8. The van der Waals surface area contributed by atoms with Gasteiger partial charge in [-0.3, -0.25) is 4.98 Å². The molecule has 56 valence electrons. The number of aryl methyl sites for hydroxylation is 1. The van der Waals surface area contributed by atoms with Gasteiger partial charge in [-0.05, 0) is 13.0 Å². The van der Waals surface area contributed by atoms with Crippen molar-refractivity contribution in [3.63, 3.8) is 0 Å². The van der Waals surface area contributed by atoms with Crippen molar-refractivity contribution >= 4 is 0 Å². The Morgan fingerprint density at radius 1 is 1.73 bits per heavy atom. The molecule has 2 nitrogen and oxygen atoms in total. The highest BCUT2D eigenvalue weighted by Gasteiger charge is 2.00. The van der Waals surface area contributed by atoms with Gasteiger partial charge in [-0.15, -0.1) is 0 Å². The normalized spacial score (nSPS) is 9.18. The van der Waals surface area contributed by atoms with Crippen LogP contribution in [0.2, 0.25) is 0 Å². The minimum Gasteiger partial charge on any atom is -0.261 e. The van der Waals surface area contributed by atoms with E-state index in [-0.39, 0.29) is 12.2 Å². The highest BCUT2D eigenvalue weighted by atomic mass is 19.1. The number of hydrogen-bond donors (Lipinski definition) is 0. The molecule has 0 spiro atoms. The van der Waals surface area contributed by atoms with Crippen LogP contribution in [0.3, 0.4) is 0 Å². The van der Waals surface area contributed by atoms with Gasteiger partial charge in [0, 0.05) is 17.5 Å². The van der Waals surface area contributed by atoms with Crippen LogP contribution >= 0.6 is 0 Å². The summed E-state index contributed by atoms with van der Waals surface area (Å²) in [5.74, 6) is -0.348. The Balaban J connectivity index is 3.01. The van der Waals surface area contributed by atoms with Gasteiger partial charge in [0.15, 0.2) is 0 Å². The van der Waals surface area contributed by atoms with Gasteiger partial charge in [-0.2, -0.15) is 5.26 Å². The Labute approximate surface area is 64.3 Å². The molecule has 0 N–H and O–H groups in total. The quantitative estimate of drug-likeness (QED) is 0.609. The maximum absolute atomic E-state index is 12.8. The molecule has 0 aliphatic carbocycles. The fourth-order valence-corrected chi connectivity index (χ4v) is 0.770. The number of halogens is 1. The van der Waals surface area contributed by atoms with E-state index in [1.54, 1.807) is 6.92 Å². The highest BCUT2D eigenvalue weighted by Crippen LogP contribution is 2.06. The summed E-state index contributed by atoms with van der Waals surface area (Å²) in [7, 11) is 0. The third-order valence-electron chi connectivity index (χ3n) is 1.34. The predicted molar refractivity (Wildman–Crippen MR) is 38.2 cm³/mol. The Kier molecular flexibility index (Phi) is 2.17. The van der Waals surface area contributed by atoms with E-state index < -0.39 is 0 Å². The van der Waals surface area contributed by atoms with Gasteiger partial charge in [0.05, 0.1) is 12.5 Å². The first-order chi connectivity index (χ1) is 5.24. The third-order valence-corrected chi connectivity index (χ3v) is 1.34. The average Bonchev–Trinajstić information content (AvgIpc) is 1.95. The summed E-state index contributed by atoms with van der Waals surface area (Å²) in [5, 5.41) is 8.27. The lowest BCUT2D eigenvalue weighted by Gasteiger charge is -1.96. The van der Waals surface area contributed by atoms with Crippen LogP contribution in [0, 0.1) is 24.1 Å². The third kappa shape index (κ3) is 1.74. The van der Waals surface area contributed by atoms with E-state index in [9.17, 15) is 4.39 Å². The van der Waals surface area contributed by atoms with Crippen LogP contribution in [-0.4, -0.2) is 4.98 Å². The van der Waals surface area contributed by atoms with Gasteiger partial charge in [0.2, 0.25) is 0 Å². The van der Waals surface area contributed by atoms with E-state index in [2.05, 4.69) is 4.98 Å². The molecule has 0 aliphatic rings. The van der Waals surface area contributed by atoms with Crippen LogP contribution in [0.5, 0.6) is 0 Å². The van der Waals surface area contributed by atoms with Crippen LogP contribution in [0.4, 0.5) is 4.39 Å². The van der Waals surface area contributed by atoms with Crippen molar-refractivity contribution in [2.75, 3.05) is 0 Å². The summed E-state index contributed by atoms with van der Waals surface area (Å²) in [6, 6.07) is 3.19. The number of pyridine rings is 1. The van der Waals surface area contributed by atoms with E-state index >= 15 is 0 Å². The average molecular weight is 150 g/mol. The van der Waals surface area contributed by atoms with Crippen molar-refractivity contribution < 1.29 is 4.39 Å². The molecular weight excluding hydrogens is 143 g/mol. The van der Waals surface area contributed by atoms with Crippen LogP contribution < -0.4 is 0 Å². The number of hydrogen-bond acceptors (Lipinski definition) is 2. The minimum absolute atomic E-state index is 0.0825. The Bertz CT molecular complexity index is 301. The van der Waals surface area contributed by atoms with Crippen molar-refractivity contribution in [3.8, 4) is 6.07 Å². The molecule has 0 fully saturated rings. The molecule has 0 atom stereocenters. The first-order valence-electron chi connectivity index (χ1n) is 3.22. The molecule has 0 saturated carbocycles. The van der Waals surface area contributed by atoms with Gasteiger partial charge < -0.3 is 0 Å². The largest absolute Gasteiger partial charge is 0.261 e. The number of nitrogens with zero attached hydrogens (tertiary/aromatic N) is 2. The molecule has 0 bridgehead atoms. The summed E-state index contributed by atoms with van der Waals surface area (Å²) in [5.41, 5.74) is 0.988. The lowest BCUT2D eigenvalue weighted by Crippen LogP contribution is -1.91. The number of aromatic nitrogens is 1. The van der Waals surface area contributed by atoms with Gasteiger partial charge in [-0.1, -0.05) is 0 Å². The monoisotopic (exact) mass is 150 g/mol. The molecule has 1 heterocycles. The first kappa shape index (κ1) is 7.67. The molecule has 1 aromatic heterocycles. The highest BCUT2D eigenvalue weighted by molar-refractivity contribution is 5.18. The van der Waals surface area contributed by atoms with Crippen LogP contribution in [-0.2, 0) is 6.42 Å². The van der Waals surface area contributed by atoms with Crippen molar-refractivity contribution in [1.29, 1.82) is 5.26 Å². The van der Waals surface area contributed by atoms with E-state index in [1.165, 1.54) is 12.3 Å². The van der Waals surface area contributed by atoms with E-state index in [4.69, 9.17) is 5.26 Å². The second-order valence-electron chi connectivity index (χ2n) is 2.25. The van der Waals surface area contributed by atoms with E-state index in [0.717, 1.165) is 0 Å². The molecule has 0 aromatic carbocycles. The zero-order chi connectivity index (χ0) is 8.27. The molecule has 11 heavy (non-hydrogen) atoms. The summed E-state index contributed by atoms with van der Waals surface area (Å²) in [6.07, 6.45) is 1.48. The van der Waals surface area contributed by atoms with Crippen molar-refractivity contribution in [2.24, 2.45) is 0 Å². The summed E-state index contributed by atoms with van der Waals surface area (Å²) < 4.78 is 12.8. The van der Waals surface area contributed by atoms with Gasteiger partial charge in [-0.25, -0.2) is 4.39 Å². The van der Waals surface area contributed by atoms with Crippen LogP contribution in [0.25, 0.3) is 0 Å². The Morgan fingerprint density at radius 2 is 2.45 bits per heavy atom. The zero-order valence-corrected chi connectivity index (χ0v) is 6.13. The zero-order valence-electron chi connectivity index (χ0n) is 6.13. The second kappa shape index (κ2) is 3.11. The van der Waals surface area contributed by atoms with Gasteiger partial charge in [0.25, 0.3) is 0 Å². The SMILES string of the molecule is Cc1cc(F)c(CC#N)cn1. The van der Waals surface area contributed by atoms with E-state index in [0.29, 0.717) is 11.3 Å². The smallest absolute Gasteiger partial charge is 0.130 e. The number of nitriles is 1. The first-order valence-corrected chi connectivity index (χ1v) is 3.22. The lowest BCUT2D eigenvalue weighted by molar-refractivity contribution is 0.610. The molecule has 0 radical (unpaired) electrons. The lowest BCUT2D eigenvalue weighted by atomic mass is 10.2. The number of rotatable bonds is 1. The van der Waals surface area contributed by atoms with Crippen molar-refractivity contribution in [1.82, 2.24) is 4.98 Å². The second-order valence-corrected chi connectivity index (χ2v) is 2.25. The maximum Gasteiger partial charge on any atom is 0.130 e. The molecule has 0 saturated heterocycles. The van der Waals surface area contributed by atoms with Gasteiger partial charge >= 0.3 is 0 Å². The molecule has 0 amide bonds. The molecular formula is C8H7FN2. The molecule has 1 aromatic rings.